The van der Waals surface area contributed by atoms with Crippen molar-refractivity contribution in [2.75, 3.05) is 20.2 Å². The lowest BCUT2D eigenvalue weighted by atomic mass is 9.74. The van der Waals surface area contributed by atoms with E-state index in [0.29, 0.717) is 31.0 Å². The van der Waals surface area contributed by atoms with Gasteiger partial charge in [0.15, 0.2) is 0 Å². The summed E-state index contributed by atoms with van der Waals surface area (Å²) in [5.74, 6) is -0.698. The number of methoxy groups -OCH3 is 1. The Hall–Kier alpha value is -2.67. The molecule has 32 heavy (non-hydrogen) atoms. The number of rotatable bonds is 5. The highest BCUT2D eigenvalue weighted by Gasteiger charge is 2.39. The quantitative estimate of drug-likeness (QED) is 0.691. The van der Waals surface area contributed by atoms with Gasteiger partial charge < -0.3 is 20.3 Å². The zero-order valence-corrected chi connectivity index (χ0v) is 18.7. The lowest BCUT2D eigenvalue weighted by Crippen LogP contribution is -2.53. The van der Waals surface area contributed by atoms with Crippen LogP contribution in [0, 0.1) is 11.8 Å². The largest absolute Gasteiger partial charge is 0.381 e. The van der Waals surface area contributed by atoms with Crippen molar-refractivity contribution in [3.8, 4) is 0 Å². The number of nitrogens with one attached hydrogen (secondary N) is 2. The molecule has 4 unspecified atom stereocenters. The van der Waals surface area contributed by atoms with Crippen molar-refractivity contribution >= 4 is 17.7 Å². The summed E-state index contributed by atoms with van der Waals surface area (Å²) >= 11 is 0. The number of likely N-dealkylation sites (tertiary alicyclic amines) is 1. The minimum absolute atomic E-state index is 0.0825. The van der Waals surface area contributed by atoms with Crippen molar-refractivity contribution in [3.05, 3.63) is 47.7 Å². The van der Waals surface area contributed by atoms with Crippen LogP contribution in [0.1, 0.15) is 55.3 Å². The average Bonchev–Trinajstić information content (AvgIpc) is 2.84. The number of benzene rings is 1. The molecule has 1 aromatic carbocycles. The van der Waals surface area contributed by atoms with Gasteiger partial charge in [-0.25, -0.2) is 0 Å². The second-order valence-corrected chi connectivity index (χ2v) is 9.14. The maximum absolute atomic E-state index is 13.3. The number of carbonyl (C=O) groups is 3. The summed E-state index contributed by atoms with van der Waals surface area (Å²) in [5.41, 5.74) is 0.695. The van der Waals surface area contributed by atoms with Crippen LogP contribution in [-0.2, 0) is 14.3 Å². The normalized spacial score (nSPS) is 28.5. The molecule has 1 aliphatic carbocycles. The molecule has 7 nitrogen and oxygen atoms in total. The van der Waals surface area contributed by atoms with E-state index in [2.05, 4.69) is 10.6 Å². The zero-order chi connectivity index (χ0) is 22.5. The standard InChI is InChI=1S/C25H33N3O4/c1-32-20-11-10-18-14-19(24(30)26-21(18)16-20)15-22(25(31)28-12-6-3-7-13-28)27-23(29)17-8-4-2-5-9-17/h2,4-5,8-9,15,18-21H,3,6-7,10-14,16H2,1H3,(H,26,30)(H,27,29)/b22-15-. The van der Waals surface area contributed by atoms with Crippen LogP contribution in [0.25, 0.3) is 0 Å². The lowest BCUT2D eigenvalue weighted by molar-refractivity contribution is -0.129. The molecule has 3 amide bonds. The van der Waals surface area contributed by atoms with Crippen molar-refractivity contribution in [1.82, 2.24) is 15.5 Å². The van der Waals surface area contributed by atoms with Gasteiger partial charge in [-0.3, -0.25) is 14.4 Å². The van der Waals surface area contributed by atoms with Gasteiger partial charge in [0.25, 0.3) is 11.8 Å². The number of nitrogens with zero attached hydrogens (tertiary/aromatic N) is 1. The first-order valence-corrected chi connectivity index (χ1v) is 11.8. The van der Waals surface area contributed by atoms with Gasteiger partial charge in [-0.1, -0.05) is 18.2 Å². The summed E-state index contributed by atoms with van der Waals surface area (Å²) in [5, 5.41) is 5.96. The fourth-order valence-electron chi connectivity index (χ4n) is 5.15. The van der Waals surface area contributed by atoms with E-state index in [1.54, 1.807) is 42.4 Å². The maximum Gasteiger partial charge on any atom is 0.270 e. The molecule has 0 spiro atoms. The minimum Gasteiger partial charge on any atom is -0.381 e. The van der Waals surface area contributed by atoms with Crippen molar-refractivity contribution in [1.29, 1.82) is 0 Å². The predicted octanol–water partition coefficient (Wildman–Crippen LogP) is 2.63. The van der Waals surface area contributed by atoms with Crippen molar-refractivity contribution in [2.24, 2.45) is 11.8 Å². The third kappa shape index (κ3) is 5.21. The van der Waals surface area contributed by atoms with Crippen LogP contribution in [0.2, 0.25) is 0 Å². The van der Waals surface area contributed by atoms with Crippen LogP contribution >= 0.6 is 0 Å². The Kier molecular flexibility index (Phi) is 7.25. The van der Waals surface area contributed by atoms with E-state index in [1.807, 2.05) is 6.07 Å². The SMILES string of the molecule is COC1CCC2CC(/C=C(\NC(=O)c3ccccc3)C(=O)N3CCCCC3)C(=O)NC2C1. The summed E-state index contributed by atoms with van der Waals surface area (Å²) in [6.45, 7) is 1.36. The van der Waals surface area contributed by atoms with Crippen molar-refractivity contribution in [3.63, 3.8) is 0 Å². The van der Waals surface area contributed by atoms with Crippen LogP contribution in [0.3, 0.4) is 0 Å². The van der Waals surface area contributed by atoms with E-state index in [4.69, 9.17) is 4.74 Å². The number of piperidine rings is 2. The Balaban J connectivity index is 1.54. The van der Waals surface area contributed by atoms with Crippen molar-refractivity contribution < 1.29 is 19.1 Å². The highest BCUT2D eigenvalue weighted by molar-refractivity contribution is 6.03. The molecule has 2 heterocycles. The summed E-state index contributed by atoms with van der Waals surface area (Å²) in [6, 6.07) is 8.96. The topological polar surface area (TPSA) is 87.7 Å². The number of ether oxygens (including phenoxy) is 1. The first kappa shape index (κ1) is 22.5. The number of hydrogen-bond donors (Lipinski definition) is 2. The molecule has 172 valence electrons. The molecule has 4 rings (SSSR count). The van der Waals surface area contributed by atoms with Crippen molar-refractivity contribution in [2.45, 2.75) is 57.1 Å². The second kappa shape index (κ2) is 10.3. The number of hydrogen-bond acceptors (Lipinski definition) is 4. The molecule has 3 aliphatic rings. The third-order valence-electron chi connectivity index (χ3n) is 7.03. The first-order chi connectivity index (χ1) is 15.5. The average molecular weight is 440 g/mol. The number of fused-ring (bicyclic) bond motifs is 1. The minimum atomic E-state index is -0.435. The van der Waals surface area contributed by atoms with Gasteiger partial charge in [-0.15, -0.1) is 0 Å². The molecule has 7 heteroatoms. The first-order valence-electron chi connectivity index (χ1n) is 11.8. The summed E-state index contributed by atoms with van der Waals surface area (Å²) in [6.07, 6.45) is 8.37. The van der Waals surface area contributed by atoms with Gasteiger partial charge >= 0.3 is 0 Å². The molecule has 4 atom stereocenters. The molecule has 0 aromatic heterocycles. The van der Waals surface area contributed by atoms with E-state index in [9.17, 15) is 14.4 Å². The predicted molar refractivity (Wildman–Crippen MR) is 121 cm³/mol. The number of carbonyl (C=O) groups excluding carboxylic acids is 3. The Morgan fingerprint density at radius 3 is 2.56 bits per heavy atom. The van der Waals surface area contributed by atoms with Crippen LogP contribution in [0.4, 0.5) is 0 Å². The van der Waals surface area contributed by atoms with Crippen LogP contribution in [0.5, 0.6) is 0 Å². The summed E-state index contributed by atoms with van der Waals surface area (Å²) < 4.78 is 5.49. The highest BCUT2D eigenvalue weighted by atomic mass is 16.5. The fraction of sp³-hybridized carbons (Fsp3) is 0.560. The van der Waals surface area contributed by atoms with Gasteiger partial charge in [0.05, 0.1) is 12.0 Å². The molecule has 2 N–H and O–H groups in total. The molecular formula is C25H33N3O4. The monoisotopic (exact) mass is 439 g/mol. The molecule has 1 saturated carbocycles. The van der Waals surface area contributed by atoms with E-state index >= 15 is 0 Å². The molecule has 3 fully saturated rings. The Morgan fingerprint density at radius 1 is 1.09 bits per heavy atom. The van der Waals surface area contributed by atoms with E-state index in [-0.39, 0.29) is 35.6 Å². The van der Waals surface area contributed by atoms with Gasteiger partial charge in [-0.2, -0.15) is 0 Å². The summed E-state index contributed by atoms with van der Waals surface area (Å²) in [7, 11) is 1.72. The summed E-state index contributed by atoms with van der Waals surface area (Å²) in [4.78, 5) is 40.8. The Morgan fingerprint density at radius 2 is 1.84 bits per heavy atom. The highest BCUT2D eigenvalue weighted by Crippen LogP contribution is 2.35. The van der Waals surface area contributed by atoms with E-state index in [1.165, 1.54) is 0 Å². The van der Waals surface area contributed by atoms with Crippen LogP contribution < -0.4 is 10.6 Å². The maximum atomic E-state index is 13.3. The smallest absolute Gasteiger partial charge is 0.270 e. The van der Waals surface area contributed by atoms with Crippen LogP contribution in [-0.4, -0.2) is 55.0 Å². The number of amides is 3. The fourth-order valence-corrected chi connectivity index (χ4v) is 5.15. The van der Waals surface area contributed by atoms with Gasteiger partial charge in [0, 0.05) is 31.8 Å². The van der Waals surface area contributed by atoms with E-state index < -0.39 is 5.92 Å². The van der Waals surface area contributed by atoms with E-state index in [0.717, 1.165) is 38.5 Å². The molecule has 2 aliphatic heterocycles. The molecule has 0 radical (unpaired) electrons. The Bertz CT molecular complexity index is 863. The van der Waals surface area contributed by atoms with Gasteiger partial charge in [-0.05, 0) is 69.1 Å². The second-order valence-electron chi connectivity index (χ2n) is 9.14. The van der Waals surface area contributed by atoms with Crippen LogP contribution in [0.15, 0.2) is 42.1 Å². The lowest BCUT2D eigenvalue weighted by Gasteiger charge is -2.41. The molecule has 2 saturated heterocycles. The van der Waals surface area contributed by atoms with Gasteiger partial charge in [0.2, 0.25) is 5.91 Å². The third-order valence-corrected chi connectivity index (χ3v) is 7.03. The molecule has 1 aromatic rings. The molecule has 0 bridgehead atoms. The molecular weight excluding hydrogens is 406 g/mol. The zero-order valence-electron chi connectivity index (χ0n) is 18.7. The Labute approximate surface area is 189 Å². The van der Waals surface area contributed by atoms with Gasteiger partial charge in [0.1, 0.15) is 5.70 Å².